The summed E-state index contributed by atoms with van der Waals surface area (Å²) in [5.74, 6) is 0.637. The first-order valence-corrected chi connectivity index (χ1v) is 10.8. The molecule has 1 aliphatic carbocycles. The number of carbonyl (C=O) groups is 1. The first-order chi connectivity index (χ1) is 15.6. The third-order valence-electron chi connectivity index (χ3n) is 5.93. The van der Waals surface area contributed by atoms with Gasteiger partial charge in [0.15, 0.2) is 5.65 Å². The Morgan fingerprint density at radius 1 is 1.09 bits per heavy atom. The lowest BCUT2D eigenvalue weighted by Gasteiger charge is -2.13. The topological polar surface area (TPSA) is 89.0 Å². The van der Waals surface area contributed by atoms with Crippen molar-refractivity contribution in [3.05, 3.63) is 76.8 Å². The average molecular weight is 428 g/mol. The van der Waals surface area contributed by atoms with Gasteiger partial charge in [0.1, 0.15) is 5.75 Å². The number of nitrogens with zero attached hydrogens (tertiary/aromatic N) is 2. The number of nitrogens with one attached hydrogen (secondary N) is 2. The fourth-order valence-corrected chi connectivity index (χ4v) is 4.12. The fourth-order valence-electron chi connectivity index (χ4n) is 4.12. The molecule has 1 amide bonds. The van der Waals surface area contributed by atoms with E-state index in [1.54, 1.807) is 19.3 Å². The number of rotatable bonds is 5. The summed E-state index contributed by atoms with van der Waals surface area (Å²) >= 11 is 0. The number of hydrogen-bond acceptors (Lipinski definition) is 4. The van der Waals surface area contributed by atoms with Crippen molar-refractivity contribution >= 4 is 22.8 Å². The number of imidazole rings is 1. The Balaban J connectivity index is 1.32. The second kappa shape index (κ2) is 8.34. The summed E-state index contributed by atoms with van der Waals surface area (Å²) in [5, 5.41) is 2.94. The molecule has 7 heteroatoms. The monoisotopic (exact) mass is 428 g/mol. The lowest BCUT2D eigenvalue weighted by molar-refractivity contribution is 0.102. The molecule has 7 nitrogen and oxygen atoms in total. The van der Waals surface area contributed by atoms with Gasteiger partial charge in [-0.05, 0) is 73.7 Å². The molecule has 1 saturated carbocycles. The van der Waals surface area contributed by atoms with Crippen molar-refractivity contribution in [2.24, 2.45) is 7.05 Å². The van der Waals surface area contributed by atoms with Crippen LogP contribution in [0.4, 0.5) is 5.69 Å². The third kappa shape index (κ3) is 4.01. The van der Waals surface area contributed by atoms with Gasteiger partial charge in [-0.1, -0.05) is 12.1 Å². The molecule has 162 valence electrons. The number of aromatic nitrogens is 3. The Morgan fingerprint density at radius 3 is 2.66 bits per heavy atom. The number of pyridine rings is 1. The van der Waals surface area contributed by atoms with E-state index in [4.69, 9.17) is 4.74 Å². The number of H-pyrrole nitrogens is 1. The molecule has 1 aliphatic rings. The van der Waals surface area contributed by atoms with Gasteiger partial charge in [-0.15, -0.1) is 0 Å². The van der Waals surface area contributed by atoms with Gasteiger partial charge in [-0.3, -0.25) is 14.3 Å². The average Bonchev–Trinajstić information content (AvgIpc) is 3.43. The van der Waals surface area contributed by atoms with E-state index in [9.17, 15) is 9.59 Å². The Morgan fingerprint density at radius 2 is 1.88 bits per heavy atom. The minimum Gasteiger partial charge on any atom is -0.490 e. The lowest BCUT2D eigenvalue weighted by atomic mass is 10.0. The van der Waals surface area contributed by atoms with Gasteiger partial charge < -0.3 is 10.1 Å². The first kappa shape index (κ1) is 20.1. The number of amides is 1. The van der Waals surface area contributed by atoms with Crippen LogP contribution in [0.2, 0.25) is 0 Å². The van der Waals surface area contributed by atoms with Crippen LogP contribution >= 0.6 is 0 Å². The predicted molar refractivity (Wildman–Crippen MR) is 124 cm³/mol. The standard InChI is InChI=1S/C25H24N4O3/c1-29-22-14-18(15-26-23(22)28-25(29)31)16-5-4-6-17(13-16)24(30)27-19-9-11-21(12-10-19)32-20-7-2-3-8-20/h4-6,9-15,20H,2-3,7-8H2,1H3,(H,27,30)(H,26,28,31). The number of carbonyl (C=O) groups excluding carboxylic acids is 1. The highest BCUT2D eigenvalue weighted by Gasteiger charge is 2.16. The molecule has 0 unspecified atom stereocenters. The molecule has 1 fully saturated rings. The maximum atomic E-state index is 12.8. The summed E-state index contributed by atoms with van der Waals surface area (Å²) in [6.45, 7) is 0. The highest BCUT2D eigenvalue weighted by atomic mass is 16.5. The maximum absolute atomic E-state index is 12.8. The highest BCUT2D eigenvalue weighted by Crippen LogP contribution is 2.26. The van der Waals surface area contributed by atoms with Crippen molar-refractivity contribution < 1.29 is 9.53 Å². The molecule has 0 spiro atoms. The minimum absolute atomic E-state index is 0.195. The zero-order valence-corrected chi connectivity index (χ0v) is 17.8. The van der Waals surface area contributed by atoms with Gasteiger partial charge in [0.2, 0.25) is 0 Å². The summed E-state index contributed by atoms with van der Waals surface area (Å²) in [5.41, 5.74) is 3.97. The second-order valence-corrected chi connectivity index (χ2v) is 8.16. The van der Waals surface area contributed by atoms with E-state index in [1.807, 2.05) is 48.5 Å². The van der Waals surface area contributed by atoms with Crippen molar-refractivity contribution in [2.45, 2.75) is 31.8 Å². The Bertz CT molecular complexity index is 1330. The van der Waals surface area contributed by atoms with E-state index < -0.39 is 0 Å². The largest absolute Gasteiger partial charge is 0.490 e. The van der Waals surface area contributed by atoms with Crippen LogP contribution in [0.15, 0.2) is 65.6 Å². The molecule has 0 bridgehead atoms. The maximum Gasteiger partial charge on any atom is 0.327 e. The van der Waals surface area contributed by atoms with Crippen LogP contribution in [0.3, 0.4) is 0 Å². The third-order valence-corrected chi connectivity index (χ3v) is 5.93. The van der Waals surface area contributed by atoms with Crippen molar-refractivity contribution in [3.8, 4) is 16.9 Å². The summed E-state index contributed by atoms with van der Waals surface area (Å²) in [7, 11) is 1.70. The van der Waals surface area contributed by atoms with Gasteiger partial charge in [-0.25, -0.2) is 9.78 Å². The lowest BCUT2D eigenvalue weighted by Crippen LogP contribution is -2.12. The minimum atomic E-state index is -0.211. The number of aromatic amines is 1. The van der Waals surface area contributed by atoms with Gasteiger partial charge in [-0.2, -0.15) is 0 Å². The van der Waals surface area contributed by atoms with Crippen molar-refractivity contribution in [2.75, 3.05) is 5.32 Å². The van der Waals surface area contributed by atoms with Gasteiger partial charge in [0, 0.05) is 30.1 Å². The van der Waals surface area contributed by atoms with Gasteiger partial charge in [0.25, 0.3) is 5.91 Å². The van der Waals surface area contributed by atoms with E-state index in [1.165, 1.54) is 17.4 Å². The number of fused-ring (bicyclic) bond motifs is 1. The van der Waals surface area contributed by atoms with Crippen LogP contribution in [-0.2, 0) is 7.05 Å². The zero-order valence-electron chi connectivity index (χ0n) is 17.8. The molecule has 0 atom stereocenters. The summed E-state index contributed by atoms with van der Waals surface area (Å²) in [6.07, 6.45) is 6.67. The summed E-state index contributed by atoms with van der Waals surface area (Å²) in [4.78, 5) is 31.7. The van der Waals surface area contributed by atoms with Crippen molar-refractivity contribution in [1.82, 2.24) is 14.5 Å². The molecule has 4 aromatic rings. The van der Waals surface area contributed by atoms with Crippen LogP contribution in [0, 0.1) is 0 Å². The number of benzene rings is 2. The summed E-state index contributed by atoms with van der Waals surface area (Å²) < 4.78 is 7.50. The fraction of sp³-hybridized carbons (Fsp3) is 0.240. The predicted octanol–water partition coefficient (Wildman–Crippen LogP) is 4.50. The molecule has 0 radical (unpaired) electrons. The molecule has 2 aromatic heterocycles. The van der Waals surface area contributed by atoms with Gasteiger partial charge in [0.05, 0.1) is 11.6 Å². The van der Waals surface area contributed by atoms with E-state index in [2.05, 4.69) is 15.3 Å². The van der Waals surface area contributed by atoms with Crippen LogP contribution in [0.25, 0.3) is 22.3 Å². The Kier molecular flexibility index (Phi) is 5.23. The first-order valence-electron chi connectivity index (χ1n) is 10.8. The number of anilines is 1. The normalized spacial score (nSPS) is 14.0. The van der Waals surface area contributed by atoms with Crippen LogP contribution < -0.4 is 15.7 Å². The van der Waals surface area contributed by atoms with Crippen LogP contribution in [0.5, 0.6) is 5.75 Å². The molecule has 2 heterocycles. The summed E-state index contributed by atoms with van der Waals surface area (Å²) in [6, 6.07) is 16.7. The Labute approximate surface area is 185 Å². The number of aryl methyl sites for hydroxylation is 1. The van der Waals surface area contributed by atoms with Crippen molar-refractivity contribution in [1.29, 1.82) is 0 Å². The molecule has 2 aromatic carbocycles. The number of hydrogen-bond donors (Lipinski definition) is 2. The quantitative estimate of drug-likeness (QED) is 0.490. The molecule has 0 saturated heterocycles. The Hall–Kier alpha value is -3.87. The molecule has 5 rings (SSSR count). The zero-order chi connectivity index (χ0) is 22.1. The van der Waals surface area contributed by atoms with Crippen molar-refractivity contribution in [3.63, 3.8) is 0 Å². The molecule has 32 heavy (non-hydrogen) atoms. The smallest absolute Gasteiger partial charge is 0.327 e. The van der Waals surface area contributed by atoms with Crippen LogP contribution in [0.1, 0.15) is 36.0 Å². The van der Waals surface area contributed by atoms with Gasteiger partial charge >= 0.3 is 5.69 Å². The van der Waals surface area contributed by atoms with Crippen LogP contribution in [-0.4, -0.2) is 26.5 Å². The highest BCUT2D eigenvalue weighted by molar-refractivity contribution is 6.05. The van der Waals surface area contributed by atoms with E-state index in [0.29, 0.717) is 28.5 Å². The molecular formula is C25H24N4O3. The number of ether oxygens (including phenoxy) is 1. The molecule has 0 aliphatic heterocycles. The molecule has 2 N–H and O–H groups in total. The second-order valence-electron chi connectivity index (χ2n) is 8.16. The van der Waals surface area contributed by atoms with E-state index in [-0.39, 0.29) is 11.6 Å². The SMILES string of the molecule is Cn1c(=O)[nH]c2ncc(-c3cccc(C(=O)Nc4ccc(OC5CCCC5)cc4)c3)cc21. The van der Waals surface area contributed by atoms with E-state index in [0.717, 1.165) is 29.7 Å². The van der Waals surface area contributed by atoms with E-state index >= 15 is 0 Å². The molecular weight excluding hydrogens is 404 g/mol.